The molecule has 1 unspecified atom stereocenters. The van der Waals surface area contributed by atoms with Crippen LogP contribution in [0.5, 0.6) is 0 Å². The van der Waals surface area contributed by atoms with Gasteiger partial charge < -0.3 is 10.8 Å². The molecule has 0 saturated carbocycles. The van der Waals surface area contributed by atoms with Crippen LogP contribution in [0.15, 0.2) is 0 Å². The first-order valence-electron chi connectivity index (χ1n) is 2.74. The largest absolute Gasteiger partial charge is 0.394 e. The van der Waals surface area contributed by atoms with Crippen molar-refractivity contribution in [3.05, 3.63) is 0 Å². The topological polar surface area (TPSA) is 46.2 Å². The highest BCUT2D eigenvalue weighted by molar-refractivity contribution is 7.99. The van der Waals surface area contributed by atoms with Crippen molar-refractivity contribution in [1.29, 1.82) is 0 Å². The Labute approximate surface area is 65.6 Å². The van der Waals surface area contributed by atoms with E-state index in [1.165, 1.54) is 0 Å². The van der Waals surface area contributed by atoms with Crippen molar-refractivity contribution in [1.82, 2.24) is 0 Å². The van der Waals surface area contributed by atoms with Crippen LogP contribution < -0.4 is 5.73 Å². The third-order valence-electron chi connectivity index (χ3n) is 1.45. The van der Waals surface area contributed by atoms with Crippen LogP contribution in [-0.2, 0) is 0 Å². The SMILES string of the molecule is Cl.NC1(CO)CCSC1. The summed E-state index contributed by atoms with van der Waals surface area (Å²) in [6.07, 6.45) is 0.966. The van der Waals surface area contributed by atoms with Crippen molar-refractivity contribution in [3.8, 4) is 0 Å². The molecule has 0 aromatic carbocycles. The Bertz CT molecular complexity index is 85.0. The third-order valence-corrected chi connectivity index (χ3v) is 2.72. The minimum absolute atomic E-state index is 0. The van der Waals surface area contributed by atoms with E-state index in [2.05, 4.69) is 0 Å². The Morgan fingerprint density at radius 2 is 2.33 bits per heavy atom. The fraction of sp³-hybridized carbons (Fsp3) is 1.00. The molecule has 1 saturated heterocycles. The van der Waals surface area contributed by atoms with E-state index in [1.807, 2.05) is 11.8 Å². The van der Waals surface area contributed by atoms with Crippen LogP contribution in [0.4, 0.5) is 0 Å². The molecule has 0 amide bonds. The van der Waals surface area contributed by atoms with Crippen LogP contribution in [0.2, 0.25) is 0 Å². The highest BCUT2D eigenvalue weighted by Crippen LogP contribution is 2.24. The standard InChI is InChI=1S/C5H11NOS.ClH/c6-5(3-7)1-2-8-4-5;/h7H,1-4,6H2;1H. The number of halogens is 1. The minimum Gasteiger partial charge on any atom is -0.394 e. The lowest BCUT2D eigenvalue weighted by Crippen LogP contribution is -2.43. The summed E-state index contributed by atoms with van der Waals surface area (Å²) < 4.78 is 0. The molecular weight excluding hydrogens is 158 g/mol. The summed E-state index contributed by atoms with van der Waals surface area (Å²) in [7, 11) is 0. The van der Waals surface area contributed by atoms with Crippen LogP contribution in [0.25, 0.3) is 0 Å². The molecule has 0 spiro atoms. The Balaban J connectivity index is 0.000000640. The van der Waals surface area contributed by atoms with Gasteiger partial charge in [-0.25, -0.2) is 0 Å². The third kappa shape index (κ3) is 2.34. The van der Waals surface area contributed by atoms with E-state index in [1.54, 1.807) is 0 Å². The number of nitrogens with two attached hydrogens (primary N) is 1. The molecule has 0 bridgehead atoms. The molecule has 3 N–H and O–H groups in total. The number of aliphatic hydroxyl groups excluding tert-OH is 1. The Kier molecular flexibility index (Phi) is 3.89. The predicted octanol–water partition coefficient (Wildman–Crippen LogP) is 0.235. The summed E-state index contributed by atoms with van der Waals surface area (Å²) in [6, 6.07) is 0. The van der Waals surface area contributed by atoms with E-state index in [0.717, 1.165) is 17.9 Å². The molecular formula is C5H12ClNOS. The van der Waals surface area contributed by atoms with Crippen LogP contribution in [0.3, 0.4) is 0 Å². The zero-order chi connectivity index (χ0) is 6.04. The second kappa shape index (κ2) is 3.66. The fourth-order valence-corrected chi connectivity index (χ4v) is 2.09. The number of hydrogen-bond donors (Lipinski definition) is 2. The summed E-state index contributed by atoms with van der Waals surface area (Å²) in [4.78, 5) is 0. The van der Waals surface area contributed by atoms with Gasteiger partial charge in [0, 0.05) is 11.3 Å². The molecule has 56 valence electrons. The summed E-state index contributed by atoms with van der Waals surface area (Å²) in [5, 5.41) is 8.69. The normalized spacial score (nSPS) is 34.0. The van der Waals surface area contributed by atoms with Crippen LogP contribution in [0, 0.1) is 0 Å². The predicted molar refractivity (Wildman–Crippen MR) is 43.2 cm³/mol. The molecule has 1 atom stereocenters. The van der Waals surface area contributed by atoms with Gasteiger partial charge in [0.2, 0.25) is 0 Å². The zero-order valence-electron chi connectivity index (χ0n) is 5.17. The van der Waals surface area contributed by atoms with Crippen molar-refractivity contribution in [2.24, 2.45) is 5.73 Å². The number of aliphatic hydroxyl groups is 1. The van der Waals surface area contributed by atoms with Gasteiger partial charge in [-0.3, -0.25) is 0 Å². The number of thioether (sulfide) groups is 1. The molecule has 4 heteroatoms. The first-order chi connectivity index (χ1) is 3.77. The van der Waals surface area contributed by atoms with Gasteiger partial charge in [-0.05, 0) is 12.2 Å². The van der Waals surface area contributed by atoms with E-state index in [4.69, 9.17) is 10.8 Å². The summed E-state index contributed by atoms with van der Waals surface area (Å²) in [5.41, 5.74) is 5.44. The van der Waals surface area contributed by atoms with Gasteiger partial charge in [-0.2, -0.15) is 11.8 Å². The molecule has 1 heterocycles. The van der Waals surface area contributed by atoms with E-state index >= 15 is 0 Å². The van der Waals surface area contributed by atoms with E-state index < -0.39 is 0 Å². The molecule has 1 aliphatic rings. The van der Waals surface area contributed by atoms with Gasteiger partial charge in [0.05, 0.1) is 6.61 Å². The van der Waals surface area contributed by atoms with Crippen molar-refractivity contribution in [2.75, 3.05) is 18.1 Å². The van der Waals surface area contributed by atoms with Crippen LogP contribution in [0.1, 0.15) is 6.42 Å². The quantitative estimate of drug-likeness (QED) is 0.591. The molecule has 1 aliphatic heterocycles. The van der Waals surface area contributed by atoms with Crippen LogP contribution >= 0.6 is 24.2 Å². The monoisotopic (exact) mass is 169 g/mol. The van der Waals surface area contributed by atoms with Gasteiger partial charge in [-0.1, -0.05) is 0 Å². The Hall–Kier alpha value is 0.560. The summed E-state index contributed by atoms with van der Waals surface area (Å²) >= 11 is 1.82. The smallest absolute Gasteiger partial charge is 0.0619 e. The lowest BCUT2D eigenvalue weighted by Gasteiger charge is -2.17. The average Bonchev–Trinajstić information content (AvgIpc) is 2.17. The van der Waals surface area contributed by atoms with Crippen molar-refractivity contribution >= 4 is 24.2 Å². The molecule has 1 rings (SSSR count). The van der Waals surface area contributed by atoms with Gasteiger partial charge in [-0.15, -0.1) is 12.4 Å². The van der Waals surface area contributed by atoms with E-state index in [9.17, 15) is 0 Å². The number of rotatable bonds is 1. The lowest BCUT2D eigenvalue weighted by molar-refractivity contribution is 0.213. The maximum Gasteiger partial charge on any atom is 0.0619 e. The molecule has 9 heavy (non-hydrogen) atoms. The highest BCUT2D eigenvalue weighted by atomic mass is 35.5. The van der Waals surface area contributed by atoms with Crippen LogP contribution in [-0.4, -0.2) is 28.8 Å². The van der Waals surface area contributed by atoms with Crippen molar-refractivity contribution < 1.29 is 5.11 Å². The van der Waals surface area contributed by atoms with Gasteiger partial charge in [0.1, 0.15) is 0 Å². The van der Waals surface area contributed by atoms with E-state index in [0.29, 0.717) is 0 Å². The molecule has 1 fully saturated rings. The summed E-state index contributed by atoms with van der Waals surface area (Å²) in [5.74, 6) is 2.03. The Morgan fingerprint density at radius 3 is 2.56 bits per heavy atom. The number of hydrogen-bond acceptors (Lipinski definition) is 3. The van der Waals surface area contributed by atoms with Crippen molar-refractivity contribution in [3.63, 3.8) is 0 Å². The van der Waals surface area contributed by atoms with Gasteiger partial charge >= 0.3 is 0 Å². The van der Waals surface area contributed by atoms with Gasteiger partial charge in [0.25, 0.3) is 0 Å². The molecule has 2 nitrogen and oxygen atoms in total. The molecule has 0 aliphatic carbocycles. The minimum atomic E-state index is -0.245. The molecule has 0 aromatic rings. The Morgan fingerprint density at radius 1 is 1.67 bits per heavy atom. The first-order valence-corrected chi connectivity index (χ1v) is 3.90. The molecule has 0 radical (unpaired) electrons. The summed E-state index contributed by atoms with van der Waals surface area (Å²) in [6.45, 7) is 0.139. The second-order valence-corrected chi connectivity index (χ2v) is 3.43. The zero-order valence-corrected chi connectivity index (χ0v) is 6.80. The van der Waals surface area contributed by atoms with E-state index in [-0.39, 0.29) is 24.6 Å². The lowest BCUT2D eigenvalue weighted by atomic mass is 10.0. The van der Waals surface area contributed by atoms with Crippen molar-refractivity contribution in [2.45, 2.75) is 12.0 Å². The first kappa shape index (κ1) is 9.56. The highest BCUT2D eigenvalue weighted by Gasteiger charge is 2.28. The maximum absolute atomic E-state index is 8.69. The second-order valence-electron chi connectivity index (χ2n) is 2.32. The maximum atomic E-state index is 8.69. The fourth-order valence-electron chi connectivity index (χ4n) is 0.748. The average molecular weight is 170 g/mol. The molecule has 0 aromatic heterocycles. The van der Waals surface area contributed by atoms with Gasteiger partial charge in [0.15, 0.2) is 0 Å².